The minimum atomic E-state index is -0.504. The number of hydrogen-bond acceptors (Lipinski definition) is 5. The van der Waals surface area contributed by atoms with E-state index in [1.54, 1.807) is 48.7 Å². The van der Waals surface area contributed by atoms with Crippen LogP contribution in [0, 0.1) is 0 Å². The molecule has 120 valence electrons. The Kier molecular flexibility index (Phi) is 4.94. The summed E-state index contributed by atoms with van der Waals surface area (Å²) < 4.78 is 0.239. The first-order chi connectivity index (χ1) is 11.6. The Balaban J connectivity index is 1.79. The van der Waals surface area contributed by atoms with E-state index >= 15 is 0 Å². The van der Waals surface area contributed by atoms with Crippen molar-refractivity contribution in [3.63, 3.8) is 0 Å². The summed E-state index contributed by atoms with van der Waals surface area (Å²) in [5.41, 5.74) is 3.39. The van der Waals surface area contributed by atoms with E-state index in [9.17, 15) is 9.59 Å². The van der Waals surface area contributed by atoms with Crippen LogP contribution in [-0.4, -0.2) is 26.1 Å². The molecule has 2 aromatic rings. The van der Waals surface area contributed by atoms with Gasteiger partial charge in [0.25, 0.3) is 11.8 Å². The molecule has 1 aliphatic rings. The van der Waals surface area contributed by atoms with Gasteiger partial charge in [-0.25, -0.2) is 0 Å². The number of amides is 2. The summed E-state index contributed by atoms with van der Waals surface area (Å²) in [6.45, 7) is 0. The average molecular weight is 376 g/mol. The maximum atomic E-state index is 12.4. The minimum absolute atomic E-state index is 0.239. The number of aromatic nitrogens is 1. The van der Waals surface area contributed by atoms with E-state index in [0.717, 1.165) is 16.8 Å². The van der Waals surface area contributed by atoms with Gasteiger partial charge < -0.3 is 0 Å². The molecule has 8 heteroatoms. The molecule has 5 nitrogen and oxygen atoms in total. The minimum Gasteiger partial charge on any atom is -0.267 e. The summed E-state index contributed by atoms with van der Waals surface area (Å²) in [7, 11) is 0. The lowest BCUT2D eigenvalue weighted by molar-refractivity contribution is -0.123. The van der Waals surface area contributed by atoms with E-state index in [1.165, 1.54) is 0 Å². The molecule has 1 N–H and O–H groups in total. The average Bonchev–Trinajstić information content (AvgIpc) is 2.83. The number of carbonyl (C=O) groups is 2. The van der Waals surface area contributed by atoms with E-state index < -0.39 is 11.8 Å². The van der Waals surface area contributed by atoms with Gasteiger partial charge in [0.15, 0.2) is 4.32 Å². The fraction of sp³-hybridized carbons (Fsp3) is 0. The Morgan fingerprint density at radius 3 is 2.71 bits per heavy atom. The van der Waals surface area contributed by atoms with Crippen molar-refractivity contribution in [3.8, 4) is 0 Å². The van der Waals surface area contributed by atoms with Crippen LogP contribution in [0.5, 0.6) is 0 Å². The van der Waals surface area contributed by atoms with Crippen LogP contribution in [0.4, 0.5) is 0 Å². The van der Waals surface area contributed by atoms with Gasteiger partial charge in [0.2, 0.25) is 0 Å². The van der Waals surface area contributed by atoms with Crippen LogP contribution < -0.4 is 5.43 Å². The third-order valence-electron chi connectivity index (χ3n) is 3.09. The lowest BCUT2D eigenvalue weighted by Crippen LogP contribution is -2.44. The third kappa shape index (κ3) is 3.48. The molecule has 2 heterocycles. The molecule has 24 heavy (non-hydrogen) atoms. The van der Waals surface area contributed by atoms with Crippen LogP contribution in [0.2, 0.25) is 5.02 Å². The van der Waals surface area contributed by atoms with Crippen molar-refractivity contribution in [2.24, 2.45) is 0 Å². The molecule has 1 fully saturated rings. The smallest absolute Gasteiger partial charge is 0.267 e. The van der Waals surface area contributed by atoms with Gasteiger partial charge in [-0.2, -0.15) is 5.01 Å². The normalized spacial score (nSPS) is 15.9. The van der Waals surface area contributed by atoms with E-state index in [0.29, 0.717) is 15.6 Å². The van der Waals surface area contributed by atoms with Crippen LogP contribution in [0.1, 0.15) is 16.1 Å². The first-order valence-electron chi connectivity index (χ1n) is 6.81. The first-order valence-corrected chi connectivity index (χ1v) is 8.41. The number of carbonyl (C=O) groups excluding carboxylic acids is 2. The summed E-state index contributed by atoms with van der Waals surface area (Å²) in [6.07, 6.45) is 3.26. The number of nitrogens with one attached hydrogen (secondary N) is 1. The third-order valence-corrected chi connectivity index (χ3v) is 4.72. The van der Waals surface area contributed by atoms with Crippen LogP contribution in [0.15, 0.2) is 53.6 Å². The van der Waals surface area contributed by atoms with Crippen LogP contribution in [0.25, 0.3) is 6.08 Å². The van der Waals surface area contributed by atoms with E-state index in [1.807, 2.05) is 6.07 Å². The second kappa shape index (κ2) is 7.12. The van der Waals surface area contributed by atoms with Gasteiger partial charge in [0, 0.05) is 6.20 Å². The maximum Gasteiger partial charge on any atom is 0.285 e. The molecule has 0 atom stereocenters. The zero-order valence-electron chi connectivity index (χ0n) is 12.1. The highest BCUT2D eigenvalue weighted by Gasteiger charge is 2.34. The van der Waals surface area contributed by atoms with Crippen molar-refractivity contribution in [3.05, 3.63) is 69.8 Å². The molecule has 0 unspecified atom stereocenters. The summed E-state index contributed by atoms with van der Waals surface area (Å²) >= 11 is 12.3. The van der Waals surface area contributed by atoms with Gasteiger partial charge in [0.1, 0.15) is 0 Å². The zero-order chi connectivity index (χ0) is 17.1. The summed E-state index contributed by atoms with van der Waals surface area (Å²) in [5.74, 6) is -0.910. The topological polar surface area (TPSA) is 62.3 Å². The molecule has 0 aliphatic carbocycles. The SMILES string of the molecule is O=C(NN1C(=O)/C(=C\c2ccccn2)SC1=S)c1ccccc1Cl. The van der Waals surface area contributed by atoms with Crippen molar-refractivity contribution in [1.82, 2.24) is 15.4 Å². The zero-order valence-corrected chi connectivity index (χ0v) is 14.5. The first kappa shape index (κ1) is 16.6. The number of pyridine rings is 1. The van der Waals surface area contributed by atoms with Gasteiger partial charge >= 0.3 is 0 Å². The van der Waals surface area contributed by atoms with Crippen molar-refractivity contribution in [1.29, 1.82) is 0 Å². The number of thiocarbonyl (C=S) groups is 1. The summed E-state index contributed by atoms with van der Waals surface area (Å²) in [4.78, 5) is 29.3. The Morgan fingerprint density at radius 1 is 1.25 bits per heavy atom. The molecular formula is C16H10ClN3O2S2. The van der Waals surface area contributed by atoms with Crippen LogP contribution in [0.3, 0.4) is 0 Å². The van der Waals surface area contributed by atoms with Gasteiger partial charge in [-0.1, -0.05) is 41.6 Å². The predicted molar refractivity (Wildman–Crippen MR) is 98.2 cm³/mol. The monoisotopic (exact) mass is 375 g/mol. The number of rotatable bonds is 3. The van der Waals surface area contributed by atoms with Crippen molar-refractivity contribution in [2.45, 2.75) is 0 Å². The maximum absolute atomic E-state index is 12.4. The van der Waals surface area contributed by atoms with E-state index in [2.05, 4.69) is 10.4 Å². The Bertz CT molecular complexity index is 855. The highest BCUT2D eigenvalue weighted by molar-refractivity contribution is 8.26. The van der Waals surface area contributed by atoms with Crippen molar-refractivity contribution >= 4 is 57.8 Å². The molecular weight excluding hydrogens is 366 g/mol. The number of benzene rings is 1. The summed E-state index contributed by atoms with van der Waals surface area (Å²) in [5, 5.41) is 1.34. The lowest BCUT2D eigenvalue weighted by atomic mass is 10.2. The second-order valence-corrected chi connectivity index (χ2v) is 6.78. The number of hydrazine groups is 1. The van der Waals surface area contributed by atoms with Gasteiger partial charge in [0.05, 0.1) is 21.2 Å². The molecule has 1 aliphatic heterocycles. The van der Waals surface area contributed by atoms with E-state index in [4.69, 9.17) is 23.8 Å². The van der Waals surface area contributed by atoms with Crippen LogP contribution in [-0.2, 0) is 4.79 Å². The quantitative estimate of drug-likeness (QED) is 0.659. The van der Waals surface area contributed by atoms with Gasteiger partial charge in [-0.15, -0.1) is 0 Å². The number of hydrogen-bond donors (Lipinski definition) is 1. The molecule has 3 rings (SSSR count). The van der Waals surface area contributed by atoms with Crippen molar-refractivity contribution < 1.29 is 9.59 Å². The molecule has 1 aromatic heterocycles. The Hall–Kier alpha value is -2.22. The predicted octanol–water partition coefficient (Wildman–Crippen LogP) is 3.28. The molecule has 1 saturated heterocycles. The molecule has 2 amide bonds. The largest absolute Gasteiger partial charge is 0.285 e. The number of halogens is 1. The molecule has 0 spiro atoms. The molecule has 0 bridgehead atoms. The highest BCUT2D eigenvalue weighted by Crippen LogP contribution is 2.31. The number of thioether (sulfide) groups is 1. The van der Waals surface area contributed by atoms with Crippen LogP contribution >= 0.6 is 35.6 Å². The lowest BCUT2D eigenvalue weighted by Gasteiger charge is -2.16. The Labute approximate surface area is 152 Å². The van der Waals surface area contributed by atoms with Gasteiger partial charge in [-0.3, -0.25) is 20.0 Å². The molecule has 0 radical (unpaired) electrons. The second-order valence-electron chi connectivity index (χ2n) is 4.69. The fourth-order valence-electron chi connectivity index (χ4n) is 1.97. The fourth-order valence-corrected chi connectivity index (χ4v) is 3.35. The number of nitrogens with zero attached hydrogens (tertiary/aromatic N) is 2. The Morgan fingerprint density at radius 2 is 2.00 bits per heavy atom. The highest BCUT2D eigenvalue weighted by atomic mass is 35.5. The molecule has 0 saturated carbocycles. The van der Waals surface area contributed by atoms with Gasteiger partial charge in [-0.05, 0) is 42.6 Å². The van der Waals surface area contributed by atoms with Crippen molar-refractivity contribution in [2.75, 3.05) is 0 Å². The van der Waals surface area contributed by atoms with E-state index in [-0.39, 0.29) is 9.88 Å². The molecule has 1 aromatic carbocycles. The summed E-state index contributed by atoms with van der Waals surface area (Å²) in [6, 6.07) is 11.9. The standard InChI is InChI=1S/C16H10ClN3O2S2/c17-12-7-2-1-6-11(12)14(21)19-20-15(22)13(24-16(20)23)9-10-5-3-4-8-18-10/h1-9H,(H,19,21)/b13-9+.